The number of nitrogens with one attached hydrogen (secondary N) is 2. The van der Waals surface area contributed by atoms with Gasteiger partial charge in [0.25, 0.3) is 15.7 Å². The van der Waals surface area contributed by atoms with Crippen molar-refractivity contribution in [2.75, 3.05) is 19.5 Å². The van der Waals surface area contributed by atoms with Crippen LogP contribution in [0, 0.1) is 23.6 Å². The predicted molar refractivity (Wildman–Crippen MR) is 156 cm³/mol. The molecule has 0 radical (unpaired) electrons. The molecule has 15 heteroatoms. The van der Waals surface area contributed by atoms with Gasteiger partial charge in [-0.25, -0.2) is 17.6 Å². The van der Waals surface area contributed by atoms with Crippen LogP contribution in [0.1, 0.15) is 27.1 Å². The molecule has 10 nitrogen and oxygen atoms in total. The summed E-state index contributed by atoms with van der Waals surface area (Å²) in [5.41, 5.74) is -5.80. The van der Waals surface area contributed by atoms with Gasteiger partial charge in [-0.3, -0.25) is 9.59 Å². The van der Waals surface area contributed by atoms with Gasteiger partial charge >= 0.3 is 11.5 Å². The molecule has 242 valence electrons. The number of carbonyl (C=O) groups excluding carboxylic acids is 2. The number of anilines is 1. The number of fused-ring (bicyclic) bond motifs is 2. The monoisotopic (exact) mass is 662 g/mol. The third kappa shape index (κ3) is 5.89. The van der Waals surface area contributed by atoms with Gasteiger partial charge in [-0.05, 0) is 60.2 Å². The summed E-state index contributed by atoms with van der Waals surface area (Å²) in [5, 5.41) is 14.7. The Hall–Kier alpha value is -4.92. The molecule has 0 aromatic heterocycles. The Bertz CT molecular complexity index is 1880. The van der Waals surface area contributed by atoms with Gasteiger partial charge in [0.2, 0.25) is 5.91 Å². The summed E-state index contributed by atoms with van der Waals surface area (Å²) in [6.07, 6.45) is 4.12. The zero-order chi connectivity index (χ0) is 33.6. The number of ether oxygens (including phenoxy) is 2. The van der Waals surface area contributed by atoms with Crippen molar-refractivity contribution in [3.63, 3.8) is 0 Å². The summed E-state index contributed by atoms with van der Waals surface area (Å²) in [7, 11) is -3.16. The number of halogens is 4. The van der Waals surface area contributed by atoms with Crippen molar-refractivity contribution in [2.24, 2.45) is 17.8 Å². The van der Waals surface area contributed by atoms with Crippen LogP contribution in [0.15, 0.2) is 71.6 Å². The van der Waals surface area contributed by atoms with E-state index in [-0.39, 0.29) is 51.3 Å². The van der Waals surface area contributed by atoms with Crippen LogP contribution >= 0.6 is 0 Å². The molecule has 3 N–H and O–H groups in total. The maximum absolute atomic E-state index is 15.2. The highest BCUT2D eigenvalue weighted by Gasteiger charge is 2.49. The van der Waals surface area contributed by atoms with Crippen LogP contribution in [0.4, 0.5) is 23.2 Å². The van der Waals surface area contributed by atoms with Crippen LogP contribution in [0.5, 0.6) is 11.5 Å². The summed E-state index contributed by atoms with van der Waals surface area (Å²) in [4.78, 5) is 37.5. The average Bonchev–Trinajstić information content (AvgIpc) is 3.62. The number of hydrogen-bond acceptors (Lipinski definition) is 7. The van der Waals surface area contributed by atoms with Crippen molar-refractivity contribution >= 4 is 33.3 Å². The predicted octanol–water partition coefficient (Wildman–Crippen LogP) is 5.06. The van der Waals surface area contributed by atoms with Crippen LogP contribution in [-0.4, -0.2) is 57.1 Å². The van der Waals surface area contributed by atoms with Gasteiger partial charge in [0.05, 0.1) is 30.6 Å². The number of alkyl halides is 3. The lowest BCUT2D eigenvalue weighted by Crippen LogP contribution is -2.47. The molecule has 2 aliphatic rings. The minimum atomic E-state index is -5.65. The molecule has 3 aromatic rings. The zero-order valence-corrected chi connectivity index (χ0v) is 24.9. The molecule has 2 aliphatic carbocycles. The first-order valence-electron chi connectivity index (χ1n) is 13.7. The maximum atomic E-state index is 15.2. The number of carboxylic acids is 1. The van der Waals surface area contributed by atoms with Crippen molar-refractivity contribution in [3.05, 3.63) is 83.7 Å². The zero-order valence-electron chi connectivity index (χ0n) is 24.1. The third-order valence-electron chi connectivity index (χ3n) is 8.05. The first kappa shape index (κ1) is 32.5. The average molecular weight is 663 g/mol. The minimum absolute atomic E-state index is 0.0321. The summed E-state index contributed by atoms with van der Waals surface area (Å²) in [5.74, 6) is -5.02. The van der Waals surface area contributed by atoms with Gasteiger partial charge in [0.1, 0.15) is 22.9 Å². The van der Waals surface area contributed by atoms with Crippen molar-refractivity contribution in [1.29, 1.82) is 0 Å². The third-order valence-corrected chi connectivity index (χ3v) is 9.54. The van der Waals surface area contributed by atoms with E-state index < -0.39 is 55.8 Å². The van der Waals surface area contributed by atoms with E-state index in [1.54, 1.807) is 6.08 Å². The molecule has 46 heavy (non-hydrogen) atoms. The lowest BCUT2D eigenvalue weighted by molar-refractivity contribution is -0.121. The van der Waals surface area contributed by atoms with Gasteiger partial charge in [-0.15, -0.1) is 0 Å². The van der Waals surface area contributed by atoms with E-state index >= 15 is 4.39 Å². The van der Waals surface area contributed by atoms with Gasteiger partial charge in [-0.1, -0.05) is 24.3 Å². The Kier molecular flexibility index (Phi) is 8.55. The van der Waals surface area contributed by atoms with Crippen molar-refractivity contribution in [1.82, 2.24) is 5.32 Å². The molecule has 0 heterocycles. The summed E-state index contributed by atoms with van der Waals surface area (Å²) < 4.78 is 88.5. The SMILES string of the molecule is COc1cc(-c2cc(C(=O)N[C@@H]3[C@H](C(=O)Nc4cccc(S(=O)(=O)C(F)(F)F)c4)[C@H]4C=C[C@@H]3C4)c(OC)cc2F)ccc1C(=O)O. The Morgan fingerprint density at radius 1 is 0.913 bits per heavy atom. The first-order valence-corrected chi connectivity index (χ1v) is 15.1. The smallest absolute Gasteiger partial charge is 0.496 e. The van der Waals surface area contributed by atoms with Crippen molar-refractivity contribution < 1.29 is 54.9 Å². The molecular weight excluding hydrogens is 636 g/mol. The minimum Gasteiger partial charge on any atom is -0.496 e. The summed E-state index contributed by atoms with van der Waals surface area (Å²) >= 11 is 0. The highest BCUT2D eigenvalue weighted by Crippen LogP contribution is 2.45. The van der Waals surface area contributed by atoms with Crippen LogP contribution in [0.25, 0.3) is 11.1 Å². The van der Waals surface area contributed by atoms with E-state index in [1.165, 1.54) is 44.6 Å². The van der Waals surface area contributed by atoms with Crippen LogP contribution in [0.2, 0.25) is 0 Å². The molecule has 0 unspecified atom stereocenters. The van der Waals surface area contributed by atoms with Gasteiger partial charge in [0, 0.05) is 23.4 Å². The normalized spacial score (nSPS) is 20.3. The number of rotatable bonds is 9. The van der Waals surface area contributed by atoms with E-state index in [0.29, 0.717) is 12.5 Å². The number of sulfone groups is 1. The van der Waals surface area contributed by atoms with Crippen LogP contribution in [-0.2, 0) is 14.6 Å². The molecule has 3 aromatic carbocycles. The molecule has 4 atom stereocenters. The molecule has 1 saturated carbocycles. The second kappa shape index (κ2) is 12.1. The number of carbonyl (C=O) groups is 3. The standard InChI is InChI=1S/C31H26F4N2O8S/c1-44-24-11-15(8-9-20(24)30(40)41)21-13-22(25(45-2)14-23(21)32)28(38)37-27-17-7-6-16(10-17)26(27)29(39)36-18-4-3-5-19(12-18)46(42,43)31(33,34)35/h3-9,11-14,16-17,26-27H,10H2,1-2H3,(H,36,39)(H,37,38)(H,40,41)/t16-,17+,26+,27-/m0/s1. The lowest BCUT2D eigenvalue weighted by atomic mass is 9.87. The van der Waals surface area contributed by atoms with E-state index in [2.05, 4.69) is 10.6 Å². The number of allylic oxidation sites excluding steroid dienone is 1. The van der Waals surface area contributed by atoms with Crippen LogP contribution < -0.4 is 20.1 Å². The summed E-state index contributed by atoms with van der Waals surface area (Å²) in [6, 6.07) is 9.13. The molecule has 0 spiro atoms. The lowest BCUT2D eigenvalue weighted by Gasteiger charge is -2.28. The second-order valence-electron chi connectivity index (χ2n) is 10.7. The number of amides is 2. The first-order chi connectivity index (χ1) is 21.7. The Labute approximate surface area is 259 Å². The summed E-state index contributed by atoms with van der Waals surface area (Å²) in [6.45, 7) is 0. The van der Waals surface area contributed by atoms with Crippen molar-refractivity contribution in [2.45, 2.75) is 22.9 Å². The fourth-order valence-electron chi connectivity index (χ4n) is 5.86. The van der Waals surface area contributed by atoms with Crippen molar-refractivity contribution in [3.8, 4) is 22.6 Å². The quantitative estimate of drug-likeness (QED) is 0.213. The van der Waals surface area contributed by atoms with Gasteiger partial charge in [0.15, 0.2) is 0 Å². The number of carboxylic acid groups (broad SMARTS) is 1. The largest absolute Gasteiger partial charge is 0.501 e. The van der Waals surface area contributed by atoms with E-state index in [9.17, 15) is 41.1 Å². The Morgan fingerprint density at radius 2 is 1.59 bits per heavy atom. The molecule has 0 aliphatic heterocycles. The van der Waals surface area contributed by atoms with Gasteiger partial charge < -0.3 is 25.2 Å². The van der Waals surface area contributed by atoms with Gasteiger partial charge in [-0.2, -0.15) is 13.2 Å². The molecule has 2 bridgehead atoms. The van der Waals surface area contributed by atoms with Crippen LogP contribution in [0.3, 0.4) is 0 Å². The second-order valence-corrected chi connectivity index (χ2v) is 12.6. The number of aromatic carboxylic acids is 1. The molecule has 1 fully saturated rings. The fourth-order valence-corrected chi connectivity index (χ4v) is 6.67. The Morgan fingerprint density at radius 3 is 2.24 bits per heavy atom. The number of benzene rings is 3. The Balaban J connectivity index is 1.42. The highest BCUT2D eigenvalue weighted by atomic mass is 32.2. The van der Waals surface area contributed by atoms with E-state index in [1.807, 2.05) is 6.08 Å². The highest BCUT2D eigenvalue weighted by molar-refractivity contribution is 7.92. The molecular formula is C31H26F4N2O8S. The number of methoxy groups -OCH3 is 2. The molecule has 2 amide bonds. The molecule has 0 saturated heterocycles. The molecule has 5 rings (SSSR count). The van der Waals surface area contributed by atoms with E-state index in [0.717, 1.165) is 18.2 Å². The van der Waals surface area contributed by atoms with E-state index in [4.69, 9.17) is 9.47 Å². The maximum Gasteiger partial charge on any atom is 0.501 e. The number of hydrogen-bond donors (Lipinski definition) is 3. The topological polar surface area (TPSA) is 148 Å². The fraction of sp³-hybridized carbons (Fsp3) is 0.258.